The largest absolute Gasteiger partial charge is 0.348 e. The summed E-state index contributed by atoms with van der Waals surface area (Å²) in [6.07, 6.45) is 16.7. The van der Waals surface area contributed by atoms with E-state index in [9.17, 15) is 0 Å². The number of fused-ring (bicyclic) bond motifs is 1. The maximum absolute atomic E-state index is 4.02. The average Bonchev–Trinajstić information content (AvgIpc) is 2.86. The van der Waals surface area contributed by atoms with Gasteiger partial charge in [0.05, 0.1) is 6.33 Å². The Bertz CT molecular complexity index is 485. The van der Waals surface area contributed by atoms with Crippen LogP contribution >= 0.6 is 0 Å². The van der Waals surface area contributed by atoms with Gasteiger partial charge in [0, 0.05) is 18.3 Å². The van der Waals surface area contributed by atoms with Gasteiger partial charge in [0.2, 0.25) is 0 Å². The van der Waals surface area contributed by atoms with Crippen LogP contribution in [0.25, 0.3) is 0 Å². The minimum absolute atomic E-state index is 0.945. The Morgan fingerprint density at radius 3 is 3.13 bits per heavy atom. The third-order valence-corrected chi connectivity index (χ3v) is 2.77. The summed E-state index contributed by atoms with van der Waals surface area (Å²) in [6, 6.07) is 0. The Morgan fingerprint density at radius 2 is 2.33 bits per heavy atom. The summed E-state index contributed by atoms with van der Waals surface area (Å²) in [6.45, 7) is 0. The van der Waals surface area contributed by atoms with E-state index in [-0.39, 0.29) is 0 Å². The SMILES string of the molecule is C1=CCC2=CC(Cc3cnc[nH]3)=CC2=C1. The molecule has 1 N–H and O–H groups in total. The number of aromatic amines is 1. The third kappa shape index (κ3) is 1.59. The van der Waals surface area contributed by atoms with E-state index in [1.807, 2.05) is 6.20 Å². The summed E-state index contributed by atoms with van der Waals surface area (Å²) in [5, 5.41) is 0. The Hall–Kier alpha value is -1.83. The van der Waals surface area contributed by atoms with Crippen molar-refractivity contribution < 1.29 is 0 Å². The molecule has 0 aromatic carbocycles. The molecule has 1 aromatic heterocycles. The predicted octanol–water partition coefficient (Wildman–Crippen LogP) is 2.70. The molecule has 0 spiro atoms. The number of hydrogen-bond acceptors (Lipinski definition) is 1. The molecule has 15 heavy (non-hydrogen) atoms. The van der Waals surface area contributed by atoms with Crippen LogP contribution in [-0.4, -0.2) is 9.97 Å². The summed E-state index contributed by atoms with van der Waals surface area (Å²) in [5.41, 5.74) is 5.34. The van der Waals surface area contributed by atoms with Crippen molar-refractivity contribution in [2.75, 3.05) is 0 Å². The monoisotopic (exact) mass is 196 g/mol. The van der Waals surface area contributed by atoms with Crippen LogP contribution < -0.4 is 0 Å². The molecule has 2 nitrogen and oxygen atoms in total. The molecular formula is C13H12N2. The predicted molar refractivity (Wildman–Crippen MR) is 60.3 cm³/mol. The van der Waals surface area contributed by atoms with Crippen molar-refractivity contribution in [1.29, 1.82) is 0 Å². The third-order valence-electron chi connectivity index (χ3n) is 2.77. The van der Waals surface area contributed by atoms with E-state index in [2.05, 4.69) is 40.3 Å². The zero-order valence-electron chi connectivity index (χ0n) is 8.40. The fourth-order valence-corrected chi connectivity index (χ4v) is 2.04. The van der Waals surface area contributed by atoms with Gasteiger partial charge in [-0.25, -0.2) is 4.98 Å². The average molecular weight is 196 g/mol. The van der Waals surface area contributed by atoms with E-state index in [0.29, 0.717) is 0 Å². The van der Waals surface area contributed by atoms with Gasteiger partial charge in [-0.3, -0.25) is 0 Å². The lowest BCUT2D eigenvalue weighted by Crippen LogP contribution is -1.85. The molecular weight excluding hydrogens is 184 g/mol. The second kappa shape index (κ2) is 3.39. The number of nitrogens with zero attached hydrogens (tertiary/aromatic N) is 1. The summed E-state index contributed by atoms with van der Waals surface area (Å²) >= 11 is 0. The molecule has 0 unspecified atom stereocenters. The number of allylic oxidation sites excluding steroid dienone is 8. The van der Waals surface area contributed by atoms with E-state index in [1.165, 1.54) is 22.4 Å². The van der Waals surface area contributed by atoms with Gasteiger partial charge in [-0.05, 0) is 23.1 Å². The van der Waals surface area contributed by atoms with Crippen molar-refractivity contribution in [1.82, 2.24) is 9.97 Å². The molecule has 1 heterocycles. The highest BCUT2D eigenvalue weighted by Crippen LogP contribution is 2.30. The molecule has 0 amide bonds. The first-order chi connectivity index (χ1) is 7.42. The second-order valence-corrected chi connectivity index (χ2v) is 3.90. The Balaban J connectivity index is 1.83. The lowest BCUT2D eigenvalue weighted by atomic mass is 10.0. The van der Waals surface area contributed by atoms with Crippen molar-refractivity contribution >= 4 is 0 Å². The summed E-state index contributed by atoms with van der Waals surface area (Å²) in [7, 11) is 0. The van der Waals surface area contributed by atoms with Gasteiger partial charge in [0.15, 0.2) is 0 Å². The van der Waals surface area contributed by atoms with Crippen molar-refractivity contribution in [3.8, 4) is 0 Å². The zero-order chi connectivity index (χ0) is 10.1. The highest BCUT2D eigenvalue weighted by Gasteiger charge is 2.13. The first-order valence-corrected chi connectivity index (χ1v) is 5.17. The van der Waals surface area contributed by atoms with E-state index in [0.717, 1.165) is 12.8 Å². The van der Waals surface area contributed by atoms with Crippen LogP contribution in [0.4, 0.5) is 0 Å². The quantitative estimate of drug-likeness (QED) is 0.774. The summed E-state index contributed by atoms with van der Waals surface area (Å²) in [4.78, 5) is 7.15. The normalized spacial score (nSPS) is 18.3. The lowest BCUT2D eigenvalue weighted by molar-refractivity contribution is 1.11. The molecule has 0 saturated heterocycles. The minimum atomic E-state index is 0.945. The van der Waals surface area contributed by atoms with E-state index >= 15 is 0 Å². The van der Waals surface area contributed by atoms with Gasteiger partial charge in [-0.2, -0.15) is 0 Å². The fourth-order valence-electron chi connectivity index (χ4n) is 2.04. The zero-order valence-corrected chi connectivity index (χ0v) is 8.40. The van der Waals surface area contributed by atoms with Gasteiger partial charge >= 0.3 is 0 Å². The molecule has 0 saturated carbocycles. The number of rotatable bonds is 2. The Labute approximate surface area is 88.7 Å². The van der Waals surface area contributed by atoms with E-state index in [1.54, 1.807) is 6.33 Å². The van der Waals surface area contributed by atoms with Crippen LogP contribution in [0.15, 0.2) is 59.6 Å². The number of hydrogen-bond donors (Lipinski definition) is 1. The van der Waals surface area contributed by atoms with Gasteiger partial charge < -0.3 is 4.98 Å². The summed E-state index contributed by atoms with van der Waals surface area (Å²) in [5.74, 6) is 0. The molecule has 0 aliphatic heterocycles. The van der Waals surface area contributed by atoms with Crippen LogP contribution in [0.2, 0.25) is 0 Å². The fraction of sp³-hybridized carbons (Fsp3) is 0.154. The molecule has 2 aliphatic rings. The van der Waals surface area contributed by atoms with E-state index < -0.39 is 0 Å². The van der Waals surface area contributed by atoms with Crippen molar-refractivity contribution in [3.63, 3.8) is 0 Å². The molecule has 0 radical (unpaired) electrons. The molecule has 1 aromatic rings. The lowest BCUT2D eigenvalue weighted by Gasteiger charge is -2.03. The molecule has 74 valence electrons. The highest BCUT2D eigenvalue weighted by molar-refractivity contribution is 5.56. The summed E-state index contributed by atoms with van der Waals surface area (Å²) < 4.78 is 0. The van der Waals surface area contributed by atoms with Gasteiger partial charge in [-0.15, -0.1) is 0 Å². The molecule has 2 heteroatoms. The first-order valence-electron chi connectivity index (χ1n) is 5.17. The molecule has 2 aliphatic carbocycles. The molecule has 3 rings (SSSR count). The number of aromatic nitrogens is 2. The number of nitrogens with one attached hydrogen (secondary N) is 1. The Kier molecular flexibility index (Phi) is 1.91. The topological polar surface area (TPSA) is 28.7 Å². The van der Waals surface area contributed by atoms with Gasteiger partial charge in [0.25, 0.3) is 0 Å². The van der Waals surface area contributed by atoms with Crippen molar-refractivity contribution in [3.05, 3.63) is 65.3 Å². The van der Waals surface area contributed by atoms with Gasteiger partial charge in [-0.1, -0.05) is 30.4 Å². The second-order valence-electron chi connectivity index (χ2n) is 3.90. The van der Waals surface area contributed by atoms with Crippen LogP contribution in [0.3, 0.4) is 0 Å². The maximum Gasteiger partial charge on any atom is 0.0921 e. The van der Waals surface area contributed by atoms with Crippen LogP contribution in [0.5, 0.6) is 0 Å². The van der Waals surface area contributed by atoms with Crippen molar-refractivity contribution in [2.24, 2.45) is 0 Å². The van der Waals surface area contributed by atoms with Crippen molar-refractivity contribution in [2.45, 2.75) is 12.8 Å². The number of imidazole rings is 1. The van der Waals surface area contributed by atoms with Gasteiger partial charge in [0.1, 0.15) is 0 Å². The molecule has 0 bridgehead atoms. The van der Waals surface area contributed by atoms with Crippen LogP contribution in [-0.2, 0) is 6.42 Å². The molecule has 0 fully saturated rings. The number of H-pyrrole nitrogens is 1. The standard InChI is InChI=1S/C13H12N2/c1-2-4-12-6-10(5-11(12)3-1)7-13-8-14-9-15-13/h1-3,5-6,8-9H,4,7H2,(H,14,15). The highest BCUT2D eigenvalue weighted by atomic mass is 14.9. The Morgan fingerprint density at radius 1 is 1.33 bits per heavy atom. The maximum atomic E-state index is 4.02. The van der Waals surface area contributed by atoms with Crippen LogP contribution in [0.1, 0.15) is 12.1 Å². The smallest absolute Gasteiger partial charge is 0.0921 e. The first kappa shape index (κ1) is 8.48. The molecule has 0 atom stereocenters. The van der Waals surface area contributed by atoms with Crippen LogP contribution in [0, 0.1) is 0 Å². The minimum Gasteiger partial charge on any atom is -0.348 e. The van der Waals surface area contributed by atoms with E-state index in [4.69, 9.17) is 0 Å².